The van der Waals surface area contributed by atoms with Crippen molar-refractivity contribution in [2.45, 2.75) is 43.7 Å². The molecule has 0 aliphatic carbocycles. The van der Waals surface area contributed by atoms with Crippen LogP contribution in [0.2, 0.25) is 0 Å². The first kappa shape index (κ1) is 33.5. The molecule has 3 heterocycles. The SMILES string of the molecule is COC(=O)C1=C(C(=O)OC)SC2(S1)C(C(=O)OC)=C(C(=O)OC)SC1=C2c2cc(OC)ccc2N(C(=O)CC(C)C)C1(C)C. The second-order valence-corrected chi connectivity index (χ2v) is 14.5. The summed E-state index contributed by atoms with van der Waals surface area (Å²) in [5.41, 5.74) is 0.292. The van der Waals surface area contributed by atoms with E-state index in [-0.39, 0.29) is 38.5 Å². The van der Waals surface area contributed by atoms with Crippen LogP contribution in [0.1, 0.15) is 39.7 Å². The van der Waals surface area contributed by atoms with Gasteiger partial charge in [-0.15, -0.1) is 0 Å². The maximum atomic E-state index is 13.9. The molecule has 0 saturated heterocycles. The zero-order valence-corrected chi connectivity index (χ0v) is 28.2. The highest BCUT2D eigenvalue weighted by Crippen LogP contribution is 2.71. The van der Waals surface area contributed by atoms with Crippen LogP contribution in [-0.4, -0.2) is 75.0 Å². The topological polar surface area (TPSA) is 135 Å². The van der Waals surface area contributed by atoms with Gasteiger partial charge in [0.15, 0.2) is 0 Å². The molecule has 3 aliphatic rings. The predicted octanol–water partition coefficient (Wildman–Crippen LogP) is 4.66. The highest BCUT2D eigenvalue weighted by molar-refractivity contribution is 8.26. The molecule has 0 bridgehead atoms. The Morgan fingerprint density at radius 2 is 1.32 bits per heavy atom. The lowest BCUT2D eigenvalue weighted by Crippen LogP contribution is -2.54. The van der Waals surface area contributed by atoms with Gasteiger partial charge in [-0.25, -0.2) is 19.2 Å². The molecule has 3 aliphatic heterocycles. The lowest BCUT2D eigenvalue weighted by molar-refractivity contribution is -0.138. The second-order valence-electron chi connectivity index (χ2n) is 10.7. The summed E-state index contributed by atoms with van der Waals surface area (Å²) < 4.78 is 24.3. The van der Waals surface area contributed by atoms with Gasteiger partial charge in [0.2, 0.25) is 5.91 Å². The van der Waals surface area contributed by atoms with Gasteiger partial charge in [-0.1, -0.05) is 49.1 Å². The Morgan fingerprint density at radius 3 is 1.80 bits per heavy atom. The summed E-state index contributed by atoms with van der Waals surface area (Å²) in [6.07, 6.45) is 0.241. The quantitative estimate of drug-likeness (QED) is 0.296. The Hall–Kier alpha value is -3.36. The molecule has 14 heteroatoms. The molecule has 236 valence electrons. The molecule has 1 aromatic rings. The number of ether oxygens (including phenoxy) is 5. The fourth-order valence-corrected chi connectivity index (χ4v) is 10.4. The second kappa shape index (κ2) is 12.6. The van der Waals surface area contributed by atoms with Crippen molar-refractivity contribution in [3.05, 3.63) is 49.0 Å². The molecule has 0 unspecified atom stereocenters. The summed E-state index contributed by atoms with van der Waals surface area (Å²) in [6.45, 7) is 7.57. The normalized spacial score (nSPS) is 18.2. The molecular formula is C30H33NO10S3. The number of rotatable bonds is 7. The molecule has 1 spiro atoms. The summed E-state index contributed by atoms with van der Waals surface area (Å²) in [5.74, 6) is -3.03. The van der Waals surface area contributed by atoms with Gasteiger partial charge >= 0.3 is 23.9 Å². The van der Waals surface area contributed by atoms with Gasteiger partial charge in [-0.2, -0.15) is 0 Å². The largest absolute Gasteiger partial charge is 0.497 e. The Morgan fingerprint density at radius 1 is 0.795 bits per heavy atom. The van der Waals surface area contributed by atoms with Gasteiger partial charge in [0.25, 0.3) is 0 Å². The van der Waals surface area contributed by atoms with E-state index in [9.17, 15) is 24.0 Å². The lowest BCUT2D eigenvalue weighted by Gasteiger charge is -2.51. The van der Waals surface area contributed by atoms with Gasteiger partial charge in [-0.05, 0) is 38.0 Å². The molecule has 44 heavy (non-hydrogen) atoms. The van der Waals surface area contributed by atoms with Crippen molar-refractivity contribution in [3.8, 4) is 5.75 Å². The van der Waals surface area contributed by atoms with E-state index >= 15 is 0 Å². The van der Waals surface area contributed by atoms with Gasteiger partial charge in [0, 0.05) is 22.5 Å². The fraction of sp³-hybridized carbons (Fsp3) is 0.433. The average Bonchev–Trinajstić information content (AvgIpc) is 3.38. The Balaban J connectivity index is 2.18. The van der Waals surface area contributed by atoms with Gasteiger partial charge in [0.1, 0.15) is 24.5 Å². The first-order valence-electron chi connectivity index (χ1n) is 13.4. The van der Waals surface area contributed by atoms with E-state index in [1.807, 2.05) is 27.7 Å². The van der Waals surface area contributed by atoms with Crippen molar-refractivity contribution >= 4 is 76.3 Å². The van der Waals surface area contributed by atoms with Crippen molar-refractivity contribution in [2.24, 2.45) is 5.92 Å². The minimum Gasteiger partial charge on any atom is -0.497 e. The summed E-state index contributed by atoms with van der Waals surface area (Å²) in [6, 6.07) is 5.21. The van der Waals surface area contributed by atoms with Crippen molar-refractivity contribution < 1.29 is 47.7 Å². The summed E-state index contributed by atoms with van der Waals surface area (Å²) in [5, 5.41) is 0. The maximum Gasteiger partial charge on any atom is 0.345 e. The number of nitrogens with zero attached hydrogens (tertiary/aromatic N) is 1. The van der Waals surface area contributed by atoms with Crippen LogP contribution in [-0.2, 0) is 42.9 Å². The highest BCUT2D eigenvalue weighted by Gasteiger charge is 2.61. The fourth-order valence-electron chi connectivity index (χ4n) is 5.31. The molecular weight excluding hydrogens is 631 g/mol. The zero-order valence-electron chi connectivity index (χ0n) is 25.8. The van der Waals surface area contributed by atoms with E-state index in [4.69, 9.17) is 23.7 Å². The third-order valence-corrected chi connectivity index (χ3v) is 11.8. The van der Waals surface area contributed by atoms with Crippen LogP contribution in [0.4, 0.5) is 5.69 Å². The number of thioether (sulfide) groups is 3. The summed E-state index contributed by atoms with van der Waals surface area (Å²) in [7, 11) is 6.18. The maximum absolute atomic E-state index is 13.9. The first-order valence-corrected chi connectivity index (χ1v) is 15.8. The average molecular weight is 664 g/mol. The summed E-state index contributed by atoms with van der Waals surface area (Å²) in [4.78, 5) is 69.2. The third kappa shape index (κ3) is 5.30. The molecule has 0 saturated carbocycles. The molecule has 0 atom stereocenters. The molecule has 0 N–H and O–H groups in total. The van der Waals surface area contributed by atoms with Gasteiger partial charge in [0.05, 0.1) is 52.3 Å². The Kier molecular flexibility index (Phi) is 9.57. The molecule has 0 radical (unpaired) electrons. The predicted molar refractivity (Wildman–Crippen MR) is 169 cm³/mol. The first-order chi connectivity index (χ1) is 20.7. The zero-order chi connectivity index (χ0) is 32.7. The van der Waals surface area contributed by atoms with Crippen LogP contribution in [0.25, 0.3) is 5.57 Å². The van der Waals surface area contributed by atoms with Crippen LogP contribution in [0.15, 0.2) is 43.4 Å². The number of fused-ring (bicyclic) bond motifs is 3. The van der Waals surface area contributed by atoms with E-state index in [2.05, 4.69) is 0 Å². The van der Waals surface area contributed by atoms with Crippen molar-refractivity contribution in [1.29, 1.82) is 0 Å². The standard InChI is InChI=1S/C30H33NO10S3/c1-14(2)12-18(32)31-17-11-10-15(37-5)13-16(17)19-24(29(31,3)4)42-21(26(34)39-7)20(25(33)38-6)30(19)43-22(27(35)40-8)23(44-30)28(36)41-9/h10-11,13-14H,12H2,1-9H3. The number of amides is 1. The number of hydrogen-bond acceptors (Lipinski definition) is 13. The minimum atomic E-state index is -1.66. The monoisotopic (exact) mass is 663 g/mol. The Labute approximate surface area is 268 Å². The molecule has 0 aromatic heterocycles. The molecule has 1 aromatic carbocycles. The van der Waals surface area contributed by atoms with E-state index in [1.54, 1.807) is 23.1 Å². The van der Waals surface area contributed by atoms with Crippen LogP contribution in [0.5, 0.6) is 5.75 Å². The lowest BCUT2D eigenvalue weighted by atomic mass is 9.83. The van der Waals surface area contributed by atoms with Crippen LogP contribution >= 0.6 is 35.3 Å². The number of methoxy groups -OCH3 is 5. The third-order valence-electron chi connectivity index (χ3n) is 7.18. The molecule has 0 fully saturated rings. The highest BCUT2D eigenvalue weighted by atomic mass is 32.2. The van der Waals surface area contributed by atoms with Gasteiger partial charge in [-0.3, -0.25) is 4.79 Å². The number of anilines is 1. The van der Waals surface area contributed by atoms with E-state index < -0.39 is 33.5 Å². The molecule has 4 rings (SSSR count). The number of carbonyl (C=O) groups is 5. The van der Waals surface area contributed by atoms with E-state index in [0.717, 1.165) is 35.3 Å². The van der Waals surface area contributed by atoms with Crippen molar-refractivity contribution in [1.82, 2.24) is 0 Å². The number of carbonyl (C=O) groups excluding carboxylic acids is 5. The van der Waals surface area contributed by atoms with Crippen LogP contribution in [0.3, 0.4) is 0 Å². The number of benzene rings is 1. The van der Waals surface area contributed by atoms with Crippen LogP contribution < -0.4 is 9.64 Å². The van der Waals surface area contributed by atoms with E-state index in [1.165, 1.54) is 35.5 Å². The molecule has 1 amide bonds. The van der Waals surface area contributed by atoms with Crippen LogP contribution in [0, 0.1) is 5.92 Å². The smallest absolute Gasteiger partial charge is 0.345 e. The number of hydrogen-bond donors (Lipinski definition) is 0. The Bertz CT molecular complexity index is 1530. The van der Waals surface area contributed by atoms with Gasteiger partial charge < -0.3 is 28.6 Å². The van der Waals surface area contributed by atoms with E-state index in [0.29, 0.717) is 27.5 Å². The van der Waals surface area contributed by atoms with Crippen molar-refractivity contribution in [2.75, 3.05) is 40.4 Å². The van der Waals surface area contributed by atoms with Crippen molar-refractivity contribution in [3.63, 3.8) is 0 Å². The number of esters is 4. The molecule has 11 nitrogen and oxygen atoms in total. The summed E-state index contributed by atoms with van der Waals surface area (Å²) >= 11 is 2.73. The minimum absolute atomic E-state index is 0.0487.